The van der Waals surface area contributed by atoms with Crippen molar-refractivity contribution in [3.63, 3.8) is 0 Å². The number of aromatic nitrogens is 2. The van der Waals surface area contributed by atoms with Crippen LogP contribution >= 0.6 is 23.2 Å². The van der Waals surface area contributed by atoms with Gasteiger partial charge in [-0.3, -0.25) is 9.48 Å². The van der Waals surface area contributed by atoms with Crippen LogP contribution in [-0.2, 0) is 18.3 Å². The van der Waals surface area contributed by atoms with Crippen LogP contribution in [0.1, 0.15) is 17.7 Å². The molecule has 0 saturated carbocycles. The summed E-state index contributed by atoms with van der Waals surface area (Å²) in [6.07, 6.45) is -1.83. The quantitative estimate of drug-likeness (QED) is 0.571. The van der Waals surface area contributed by atoms with Crippen molar-refractivity contribution in [3.05, 3.63) is 69.7 Å². The summed E-state index contributed by atoms with van der Waals surface area (Å²) in [6.45, 7) is 0. The summed E-state index contributed by atoms with van der Waals surface area (Å²) in [6, 6.07) is 9.32. The van der Waals surface area contributed by atoms with Crippen LogP contribution in [0, 0.1) is 5.82 Å². The third kappa shape index (κ3) is 4.31. The molecule has 0 aliphatic heterocycles. The van der Waals surface area contributed by atoms with Crippen molar-refractivity contribution in [1.29, 1.82) is 0 Å². The van der Waals surface area contributed by atoms with E-state index in [0.717, 1.165) is 0 Å². The van der Waals surface area contributed by atoms with Gasteiger partial charge < -0.3 is 5.32 Å². The maximum absolute atomic E-state index is 14.0. The number of halogens is 5. The second kappa shape index (κ2) is 8.24. The molecule has 1 amide bonds. The molecule has 0 aliphatic rings. The van der Waals surface area contributed by atoms with E-state index in [1.165, 1.54) is 30.1 Å². The van der Waals surface area contributed by atoms with Crippen molar-refractivity contribution in [3.8, 4) is 11.1 Å². The monoisotopic (exact) mass is 427 g/mol. The summed E-state index contributed by atoms with van der Waals surface area (Å²) in [7, 11) is 1.48. The zero-order valence-electron chi connectivity index (χ0n) is 14.5. The van der Waals surface area contributed by atoms with Gasteiger partial charge in [-0.05, 0) is 29.8 Å². The number of nitrogens with one attached hydrogen (secondary N) is 1. The van der Waals surface area contributed by atoms with E-state index in [1.807, 2.05) is 0 Å². The lowest BCUT2D eigenvalue weighted by Gasteiger charge is -2.14. The number of anilines is 1. The molecule has 0 fully saturated rings. The van der Waals surface area contributed by atoms with Crippen LogP contribution in [0.2, 0.25) is 10.0 Å². The average molecular weight is 428 g/mol. The highest BCUT2D eigenvalue weighted by Crippen LogP contribution is 2.36. The number of benzene rings is 2. The normalized spacial score (nSPS) is 11.1. The maximum Gasteiger partial charge on any atom is 0.282 e. The van der Waals surface area contributed by atoms with Crippen LogP contribution in [0.15, 0.2) is 42.6 Å². The molecule has 28 heavy (non-hydrogen) atoms. The van der Waals surface area contributed by atoms with Gasteiger partial charge in [0, 0.05) is 29.4 Å². The Morgan fingerprint density at radius 1 is 1.18 bits per heavy atom. The van der Waals surface area contributed by atoms with Crippen LogP contribution in [-0.4, -0.2) is 15.7 Å². The summed E-state index contributed by atoms with van der Waals surface area (Å²) >= 11 is 11.9. The van der Waals surface area contributed by atoms with Gasteiger partial charge in [-0.25, -0.2) is 13.2 Å². The first-order valence-electron chi connectivity index (χ1n) is 8.10. The Labute approximate surface area is 168 Å². The second-order valence-corrected chi connectivity index (χ2v) is 6.84. The number of hydrogen-bond acceptors (Lipinski definition) is 2. The molecule has 9 heteroatoms. The smallest absolute Gasteiger partial charge is 0.282 e. The number of rotatable bonds is 5. The maximum atomic E-state index is 14.0. The Morgan fingerprint density at radius 2 is 1.86 bits per heavy atom. The zero-order chi connectivity index (χ0) is 20.4. The first-order valence-corrected chi connectivity index (χ1v) is 8.86. The minimum absolute atomic E-state index is 0.0523. The summed E-state index contributed by atoms with van der Waals surface area (Å²) in [4.78, 5) is 12.5. The Bertz CT molecular complexity index is 1020. The Morgan fingerprint density at radius 3 is 2.50 bits per heavy atom. The molecule has 3 rings (SSSR count). The minimum atomic E-state index is -2.81. The van der Waals surface area contributed by atoms with Crippen molar-refractivity contribution in [2.24, 2.45) is 7.05 Å². The van der Waals surface area contributed by atoms with E-state index < -0.39 is 23.8 Å². The van der Waals surface area contributed by atoms with Gasteiger partial charge in [0.05, 0.1) is 12.1 Å². The number of amides is 1. The van der Waals surface area contributed by atoms with E-state index in [-0.39, 0.29) is 22.7 Å². The molecule has 3 aromatic rings. The van der Waals surface area contributed by atoms with Gasteiger partial charge in [0.25, 0.3) is 6.43 Å². The molecule has 0 atom stereocenters. The fraction of sp³-hybridized carbons (Fsp3) is 0.158. The molecule has 2 aromatic carbocycles. The number of carbonyl (C=O) groups excluding carboxylic acids is 1. The molecular formula is C19H14Cl2F3N3O. The molecule has 1 heterocycles. The van der Waals surface area contributed by atoms with Crippen molar-refractivity contribution < 1.29 is 18.0 Å². The molecule has 146 valence electrons. The minimum Gasteiger partial charge on any atom is -0.324 e. The fourth-order valence-corrected chi connectivity index (χ4v) is 3.11. The lowest BCUT2D eigenvalue weighted by atomic mass is 10.0. The summed E-state index contributed by atoms with van der Waals surface area (Å²) in [5.41, 5.74) is 0.779. The lowest BCUT2D eigenvalue weighted by molar-refractivity contribution is -0.115. The highest BCUT2D eigenvalue weighted by molar-refractivity contribution is 6.34. The van der Waals surface area contributed by atoms with E-state index in [4.69, 9.17) is 23.2 Å². The van der Waals surface area contributed by atoms with Crippen molar-refractivity contribution in [2.45, 2.75) is 12.8 Å². The molecule has 0 aliphatic carbocycles. The highest BCUT2D eigenvalue weighted by Gasteiger charge is 2.21. The number of aryl methyl sites for hydroxylation is 1. The lowest BCUT2D eigenvalue weighted by Crippen LogP contribution is -2.16. The Balaban J connectivity index is 1.92. The zero-order valence-corrected chi connectivity index (χ0v) is 16.0. The predicted molar refractivity (Wildman–Crippen MR) is 102 cm³/mol. The van der Waals surface area contributed by atoms with Gasteiger partial charge in [-0.15, -0.1) is 0 Å². The first kappa shape index (κ1) is 20.2. The van der Waals surface area contributed by atoms with Crippen LogP contribution in [0.5, 0.6) is 0 Å². The van der Waals surface area contributed by atoms with Gasteiger partial charge in [0.2, 0.25) is 5.91 Å². The number of alkyl halides is 2. The largest absolute Gasteiger partial charge is 0.324 e. The SMILES string of the molecule is Cn1cc(CC(=O)Nc2c(-c3ccc(Cl)cc3)ccc(F)c2Cl)c(C(F)F)n1. The summed E-state index contributed by atoms with van der Waals surface area (Å²) < 4.78 is 41.3. The van der Waals surface area contributed by atoms with Crippen LogP contribution in [0.3, 0.4) is 0 Å². The van der Waals surface area contributed by atoms with Crippen molar-refractivity contribution in [1.82, 2.24) is 9.78 Å². The van der Waals surface area contributed by atoms with E-state index >= 15 is 0 Å². The molecule has 0 radical (unpaired) electrons. The van der Waals surface area contributed by atoms with Gasteiger partial charge >= 0.3 is 0 Å². The molecule has 4 nitrogen and oxygen atoms in total. The van der Waals surface area contributed by atoms with E-state index in [0.29, 0.717) is 16.1 Å². The van der Waals surface area contributed by atoms with Gasteiger partial charge in [-0.1, -0.05) is 35.3 Å². The molecule has 1 aromatic heterocycles. The van der Waals surface area contributed by atoms with Crippen LogP contribution in [0.25, 0.3) is 11.1 Å². The molecule has 0 unspecified atom stereocenters. The number of hydrogen-bond donors (Lipinski definition) is 1. The van der Waals surface area contributed by atoms with Gasteiger partial charge in [0.1, 0.15) is 16.5 Å². The van der Waals surface area contributed by atoms with Crippen LogP contribution < -0.4 is 5.32 Å². The molecule has 0 saturated heterocycles. The highest BCUT2D eigenvalue weighted by atomic mass is 35.5. The number of nitrogens with zero attached hydrogens (tertiary/aromatic N) is 2. The second-order valence-electron chi connectivity index (χ2n) is 6.03. The van der Waals surface area contributed by atoms with Crippen LogP contribution in [0.4, 0.5) is 18.9 Å². The van der Waals surface area contributed by atoms with Crippen molar-refractivity contribution >= 4 is 34.8 Å². The summed E-state index contributed by atoms with van der Waals surface area (Å²) in [5, 5.41) is 6.43. The Kier molecular flexibility index (Phi) is 5.96. The van der Waals surface area contributed by atoms with E-state index in [9.17, 15) is 18.0 Å². The first-order chi connectivity index (χ1) is 13.3. The summed E-state index contributed by atoms with van der Waals surface area (Å²) in [5.74, 6) is -1.35. The molecule has 0 bridgehead atoms. The molecule has 1 N–H and O–H groups in total. The van der Waals surface area contributed by atoms with Gasteiger partial charge in [0.15, 0.2) is 0 Å². The molecule has 0 spiro atoms. The Hall–Kier alpha value is -2.51. The molecular weight excluding hydrogens is 414 g/mol. The van der Waals surface area contributed by atoms with E-state index in [2.05, 4.69) is 10.4 Å². The third-order valence-corrected chi connectivity index (χ3v) is 4.63. The standard InChI is InChI=1S/C19H14Cl2F3N3O/c1-27-9-11(17(26-27)19(23)24)8-15(28)25-18-13(6-7-14(22)16(18)21)10-2-4-12(20)5-3-10/h2-7,9,19H,8H2,1H3,(H,25,28). The van der Waals surface area contributed by atoms with E-state index in [1.54, 1.807) is 24.3 Å². The van der Waals surface area contributed by atoms with Gasteiger partial charge in [-0.2, -0.15) is 5.10 Å². The number of carbonyl (C=O) groups is 1. The third-order valence-electron chi connectivity index (χ3n) is 4.01. The predicted octanol–water partition coefficient (Wildman–Crippen LogP) is 5.65. The topological polar surface area (TPSA) is 46.9 Å². The fourth-order valence-electron chi connectivity index (χ4n) is 2.77. The van der Waals surface area contributed by atoms with Crippen molar-refractivity contribution in [2.75, 3.05) is 5.32 Å². The average Bonchev–Trinajstić information content (AvgIpc) is 3.00.